The zero-order valence-corrected chi connectivity index (χ0v) is 13.2. The zero-order chi connectivity index (χ0) is 14.6. The maximum absolute atomic E-state index is 5.88. The second-order valence-corrected chi connectivity index (χ2v) is 5.85. The average Bonchev–Trinajstić information content (AvgIpc) is 2.47. The summed E-state index contributed by atoms with van der Waals surface area (Å²) in [5, 5.41) is 3.27. The predicted molar refractivity (Wildman–Crippen MR) is 80.7 cm³/mol. The van der Waals surface area contributed by atoms with Gasteiger partial charge in [0.15, 0.2) is 5.82 Å². The average molecular weight is 277 g/mol. The maximum atomic E-state index is 5.88. The number of aryl methyl sites for hydroxylation is 1. The fraction of sp³-hybridized carbons (Fsp3) is 0.750. The summed E-state index contributed by atoms with van der Waals surface area (Å²) in [6.45, 7) is 8.00. The second-order valence-electron chi connectivity index (χ2n) is 5.85. The number of nitrogens with zero attached hydrogens (tertiary/aromatic N) is 2. The summed E-state index contributed by atoms with van der Waals surface area (Å²) in [6, 6.07) is 0. The Morgan fingerprint density at radius 2 is 2.25 bits per heavy atom. The highest BCUT2D eigenvalue weighted by Crippen LogP contribution is 2.29. The number of nitrogens with one attached hydrogen (secondary N) is 1. The first kappa shape index (κ1) is 15.4. The lowest BCUT2D eigenvalue weighted by Crippen LogP contribution is -2.30. The highest BCUT2D eigenvalue weighted by atomic mass is 16.5. The minimum Gasteiger partial charge on any atom is -0.368 e. The van der Waals surface area contributed by atoms with Crippen LogP contribution in [0.1, 0.15) is 50.7 Å². The molecule has 0 saturated carbocycles. The molecule has 0 aromatic carbocycles. The van der Waals surface area contributed by atoms with Crippen molar-refractivity contribution < 1.29 is 4.74 Å². The lowest BCUT2D eigenvalue weighted by atomic mass is 9.87. The summed E-state index contributed by atoms with van der Waals surface area (Å²) >= 11 is 0. The van der Waals surface area contributed by atoms with Crippen LogP contribution in [-0.4, -0.2) is 30.2 Å². The fourth-order valence-corrected chi connectivity index (χ4v) is 2.94. The van der Waals surface area contributed by atoms with Crippen LogP contribution in [0.4, 0.5) is 0 Å². The van der Waals surface area contributed by atoms with Crippen molar-refractivity contribution in [2.45, 2.75) is 52.1 Å². The third-order valence-electron chi connectivity index (χ3n) is 4.36. The molecule has 0 radical (unpaired) electrons. The summed E-state index contributed by atoms with van der Waals surface area (Å²) in [6.07, 6.45) is 6.27. The number of hydrogen-bond donors (Lipinski definition) is 1. The van der Waals surface area contributed by atoms with Crippen molar-refractivity contribution in [2.75, 3.05) is 20.2 Å². The van der Waals surface area contributed by atoms with Crippen LogP contribution in [0.5, 0.6) is 0 Å². The molecule has 0 saturated heterocycles. The van der Waals surface area contributed by atoms with Crippen molar-refractivity contribution in [2.24, 2.45) is 5.92 Å². The van der Waals surface area contributed by atoms with Crippen molar-refractivity contribution in [3.63, 3.8) is 0 Å². The minimum absolute atomic E-state index is 0.356. The van der Waals surface area contributed by atoms with Crippen LogP contribution in [0.3, 0.4) is 0 Å². The van der Waals surface area contributed by atoms with E-state index >= 15 is 0 Å². The summed E-state index contributed by atoms with van der Waals surface area (Å²) in [4.78, 5) is 9.40. The predicted octanol–water partition coefficient (Wildman–Crippen LogP) is 2.46. The Bertz CT molecular complexity index is 449. The molecule has 1 N–H and O–H groups in total. The van der Waals surface area contributed by atoms with Gasteiger partial charge in [-0.25, -0.2) is 9.97 Å². The summed E-state index contributed by atoms with van der Waals surface area (Å²) in [7, 11) is 2.02. The Hall–Kier alpha value is -1.00. The van der Waals surface area contributed by atoms with Crippen LogP contribution in [0.15, 0.2) is 6.20 Å². The third kappa shape index (κ3) is 3.18. The Morgan fingerprint density at radius 1 is 1.45 bits per heavy atom. The van der Waals surface area contributed by atoms with Gasteiger partial charge in [-0.2, -0.15) is 0 Å². The van der Waals surface area contributed by atoms with E-state index in [9.17, 15) is 0 Å². The van der Waals surface area contributed by atoms with Gasteiger partial charge in [-0.1, -0.05) is 6.92 Å². The van der Waals surface area contributed by atoms with Crippen LogP contribution < -0.4 is 5.32 Å². The molecule has 0 fully saturated rings. The van der Waals surface area contributed by atoms with Gasteiger partial charge < -0.3 is 10.1 Å². The van der Waals surface area contributed by atoms with E-state index in [1.54, 1.807) is 0 Å². The first-order valence-corrected chi connectivity index (χ1v) is 7.76. The normalized spacial score (nSPS) is 21.3. The smallest absolute Gasteiger partial charge is 0.160 e. The van der Waals surface area contributed by atoms with Crippen LogP contribution in [0.2, 0.25) is 0 Å². The molecular formula is C16H27N3O. The van der Waals surface area contributed by atoms with Gasteiger partial charge in [0.05, 0.1) is 0 Å². The second kappa shape index (κ2) is 6.64. The molecule has 0 bridgehead atoms. The molecule has 20 heavy (non-hydrogen) atoms. The lowest BCUT2D eigenvalue weighted by molar-refractivity contribution is -0.0392. The first-order valence-electron chi connectivity index (χ1n) is 7.76. The molecule has 2 rings (SSSR count). The van der Waals surface area contributed by atoms with E-state index in [-0.39, 0.29) is 5.60 Å². The van der Waals surface area contributed by atoms with E-state index in [1.807, 2.05) is 20.2 Å². The number of ether oxygens (including phenoxy) is 1. The van der Waals surface area contributed by atoms with Gasteiger partial charge in [-0.3, -0.25) is 0 Å². The molecule has 0 amide bonds. The monoisotopic (exact) mass is 277 g/mol. The Morgan fingerprint density at radius 3 is 2.90 bits per heavy atom. The van der Waals surface area contributed by atoms with E-state index in [0.717, 1.165) is 31.6 Å². The third-order valence-corrected chi connectivity index (χ3v) is 4.36. The van der Waals surface area contributed by atoms with E-state index in [1.165, 1.54) is 17.7 Å². The van der Waals surface area contributed by atoms with Crippen LogP contribution in [-0.2, 0) is 23.2 Å². The number of fused-ring (bicyclic) bond motifs is 1. The molecule has 4 heteroatoms. The fourth-order valence-electron chi connectivity index (χ4n) is 2.94. The largest absolute Gasteiger partial charge is 0.368 e. The lowest BCUT2D eigenvalue weighted by Gasteiger charge is -2.29. The quantitative estimate of drug-likeness (QED) is 0.867. The number of rotatable bonds is 6. The van der Waals surface area contributed by atoms with Gasteiger partial charge in [0.2, 0.25) is 0 Å². The van der Waals surface area contributed by atoms with Gasteiger partial charge >= 0.3 is 0 Å². The summed E-state index contributed by atoms with van der Waals surface area (Å²) in [5.74, 6) is 1.55. The topological polar surface area (TPSA) is 47.0 Å². The van der Waals surface area contributed by atoms with Crippen LogP contribution in [0, 0.1) is 5.92 Å². The van der Waals surface area contributed by atoms with Crippen molar-refractivity contribution >= 4 is 0 Å². The molecule has 1 aromatic heterocycles. The molecule has 2 unspecified atom stereocenters. The van der Waals surface area contributed by atoms with Crippen molar-refractivity contribution in [3.05, 3.63) is 23.3 Å². The van der Waals surface area contributed by atoms with Crippen molar-refractivity contribution in [1.82, 2.24) is 15.3 Å². The molecule has 0 aliphatic heterocycles. The van der Waals surface area contributed by atoms with Crippen LogP contribution in [0.25, 0.3) is 0 Å². The van der Waals surface area contributed by atoms with E-state index < -0.39 is 0 Å². The Balaban J connectivity index is 2.20. The van der Waals surface area contributed by atoms with E-state index in [0.29, 0.717) is 12.5 Å². The van der Waals surface area contributed by atoms with Crippen molar-refractivity contribution in [3.8, 4) is 0 Å². The van der Waals surface area contributed by atoms with Gasteiger partial charge in [0, 0.05) is 18.5 Å². The van der Waals surface area contributed by atoms with E-state index in [4.69, 9.17) is 9.72 Å². The highest BCUT2D eigenvalue weighted by Gasteiger charge is 2.30. The molecule has 0 spiro atoms. The number of hydrogen-bond acceptors (Lipinski definition) is 4. The SMILES string of the molecule is CCOC(C)(CC)c1ncc2c(n1)CCC(CNC)C2. The van der Waals surface area contributed by atoms with E-state index in [2.05, 4.69) is 24.1 Å². The maximum Gasteiger partial charge on any atom is 0.160 e. The standard InChI is InChI=1S/C16H27N3O/c1-5-16(3,20-6-2)15-18-11-13-9-12(10-17-4)7-8-14(13)19-15/h11-12,17H,5-10H2,1-4H3. The molecule has 1 heterocycles. The van der Waals surface area contributed by atoms with Gasteiger partial charge in [0.1, 0.15) is 5.60 Å². The molecular weight excluding hydrogens is 250 g/mol. The van der Waals surface area contributed by atoms with Gasteiger partial charge in [-0.05, 0) is 64.6 Å². The Kier molecular flexibility index (Phi) is 5.11. The molecule has 1 aliphatic carbocycles. The van der Waals surface area contributed by atoms with Crippen molar-refractivity contribution in [1.29, 1.82) is 0 Å². The van der Waals surface area contributed by atoms with Gasteiger partial charge in [-0.15, -0.1) is 0 Å². The molecule has 1 aromatic rings. The summed E-state index contributed by atoms with van der Waals surface area (Å²) < 4.78 is 5.88. The molecule has 1 aliphatic rings. The first-order chi connectivity index (χ1) is 9.62. The minimum atomic E-state index is -0.356. The van der Waals surface area contributed by atoms with Crippen LogP contribution >= 0.6 is 0 Å². The Labute approximate surface area is 122 Å². The molecule has 4 nitrogen and oxygen atoms in total. The summed E-state index contributed by atoms with van der Waals surface area (Å²) in [5.41, 5.74) is 2.18. The number of aromatic nitrogens is 2. The molecule has 112 valence electrons. The highest BCUT2D eigenvalue weighted by molar-refractivity contribution is 5.23. The van der Waals surface area contributed by atoms with Gasteiger partial charge in [0.25, 0.3) is 0 Å². The molecule has 2 atom stereocenters. The zero-order valence-electron chi connectivity index (χ0n) is 13.2.